The standard InChI is InChI=1S/C26H40F2/c1-2-3-4-5-7-12-21-17-19-22(20-18-21)24-15-10-11-16-25(24)26(27,28)23-13-8-6-9-14-23/h10-11,15-16,21-23H,2-9,12-14,17-20H2,1H3. The van der Waals surface area contributed by atoms with Crippen LogP contribution in [0.15, 0.2) is 24.3 Å². The van der Waals surface area contributed by atoms with Crippen LogP contribution in [0.4, 0.5) is 8.78 Å². The Morgan fingerprint density at radius 3 is 2.21 bits per heavy atom. The summed E-state index contributed by atoms with van der Waals surface area (Å²) in [7, 11) is 0. The fourth-order valence-electron chi connectivity index (χ4n) is 5.64. The van der Waals surface area contributed by atoms with Gasteiger partial charge in [-0.25, -0.2) is 8.78 Å². The monoisotopic (exact) mass is 390 g/mol. The van der Waals surface area contributed by atoms with Crippen molar-refractivity contribution in [3.05, 3.63) is 35.4 Å². The van der Waals surface area contributed by atoms with Gasteiger partial charge >= 0.3 is 0 Å². The van der Waals surface area contributed by atoms with Crippen LogP contribution in [0.5, 0.6) is 0 Å². The molecule has 0 aliphatic heterocycles. The summed E-state index contributed by atoms with van der Waals surface area (Å²) in [4.78, 5) is 0. The molecule has 1 aromatic rings. The van der Waals surface area contributed by atoms with Crippen molar-refractivity contribution in [3.8, 4) is 0 Å². The molecule has 0 saturated heterocycles. The molecule has 2 saturated carbocycles. The van der Waals surface area contributed by atoms with Gasteiger partial charge in [-0.05, 0) is 55.9 Å². The number of hydrogen-bond donors (Lipinski definition) is 0. The molecular formula is C26H40F2. The van der Waals surface area contributed by atoms with Gasteiger partial charge in [0.1, 0.15) is 0 Å². The van der Waals surface area contributed by atoms with Crippen LogP contribution in [0.2, 0.25) is 0 Å². The molecular weight excluding hydrogens is 350 g/mol. The lowest BCUT2D eigenvalue weighted by atomic mass is 9.73. The van der Waals surface area contributed by atoms with E-state index in [4.69, 9.17) is 0 Å². The Morgan fingerprint density at radius 2 is 1.50 bits per heavy atom. The Labute approximate surface area is 171 Å². The van der Waals surface area contributed by atoms with Crippen molar-refractivity contribution >= 4 is 0 Å². The summed E-state index contributed by atoms with van der Waals surface area (Å²) < 4.78 is 30.8. The molecule has 0 nitrogen and oxygen atoms in total. The zero-order valence-electron chi connectivity index (χ0n) is 17.9. The van der Waals surface area contributed by atoms with Gasteiger partial charge in [0.15, 0.2) is 0 Å². The lowest BCUT2D eigenvalue weighted by molar-refractivity contribution is -0.0787. The molecule has 28 heavy (non-hydrogen) atoms. The summed E-state index contributed by atoms with van der Waals surface area (Å²) in [5.74, 6) is -1.96. The van der Waals surface area contributed by atoms with Gasteiger partial charge < -0.3 is 0 Å². The van der Waals surface area contributed by atoms with Crippen molar-refractivity contribution in [1.82, 2.24) is 0 Å². The second kappa shape index (κ2) is 10.7. The number of rotatable bonds is 9. The molecule has 158 valence electrons. The van der Waals surface area contributed by atoms with Crippen molar-refractivity contribution in [2.45, 2.75) is 115 Å². The summed E-state index contributed by atoms with van der Waals surface area (Å²) in [6, 6.07) is 7.51. The highest BCUT2D eigenvalue weighted by molar-refractivity contribution is 5.35. The number of halogens is 2. The Hall–Kier alpha value is -0.920. The Kier molecular flexibility index (Phi) is 8.36. The van der Waals surface area contributed by atoms with E-state index in [1.54, 1.807) is 6.07 Å². The lowest BCUT2D eigenvalue weighted by Gasteiger charge is -2.35. The van der Waals surface area contributed by atoms with Gasteiger partial charge in [0, 0.05) is 11.5 Å². The van der Waals surface area contributed by atoms with Gasteiger partial charge in [0.25, 0.3) is 5.92 Å². The zero-order valence-corrected chi connectivity index (χ0v) is 17.9. The first-order valence-electron chi connectivity index (χ1n) is 12.1. The van der Waals surface area contributed by atoms with E-state index in [0.717, 1.165) is 43.6 Å². The van der Waals surface area contributed by atoms with Crippen molar-refractivity contribution < 1.29 is 8.78 Å². The van der Waals surface area contributed by atoms with E-state index >= 15 is 8.78 Å². The molecule has 0 spiro atoms. The largest absolute Gasteiger partial charge is 0.276 e. The van der Waals surface area contributed by atoms with Crippen LogP contribution in [0.1, 0.15) is 120 Å². The van der Waals surface area contributed by atoms with E-state index in [1.165, 1.54) is 51.4 Å². The highest BCUT2D eigenvalue weighted by Gasteiger charge is 2.43. The first kappa shape index (κ1) is 21.8. The molecule has 2 fully saturated rings. The van der Waals surface area contributed by atoms with E-state index in [2.05, 4.69) is 6.92 Å². The Morgan fingerprint density at radius 1 is 0.821 bits per heavy atom. The minimum absolute atomic E-state index is 0.335. The maximum atomic E-state index is 15.4. The van der Waals surface area contributed by atoms with Crippen LogP contribution in [0.3, 0.4) is 0 Å². The number of unbranched alkanes of at least 4 members (excludes halogenated alkanes) is 4. The summed E-state index contributed by atoms with van der Waals surface area (Å²) in [6.07, 6.45) is 17.2. The molecule has 1 aromatic carbocycles. The van der Waals surface area contributed by atoms with Gasteiger partial charge in [-0.3, -0.25) is 0 Å². The SMILES string of the molecule is CCCCCCCC1CCC(c2ccccc2C(F)(F)C2CCCCC2)CC1. The highest BCUT2D eigenvalue weighted by atomic mass is 19.3. The fraction of sp³-hybridized carbons (Fsp3) is 0.769. The van der Waals surface area contributed by atoms with E-state index in [9.17, 15) is 0 Å². The minimum Gasteiger partial charge on any atom is -0.201 e. The molecule has 0 unspecified atom stereocenters. The average molecular weight is 391 g/mol. The summed E-state index contributed by atoms with van der Waals surface area (Å²) in [6.45, 7) is 2.26. The van der Waals surface area contributed by atoms with Crippen LogP contribution in [-0.2, 0) is 5.92 Å². The third-order valence-corrected chi connectivity index (χ3v) is 7.44. The molecule has 0 heterocycles. The predicted octanol–water partition coefficient (Wildman–Crippen LogP) is 8.99. The second-order valence-corrected chi connectivity index (χ2v) is 9.47. The zero-order chi connectivity index (χ0) is 19.8. The number of alkyl halides is 2. The first-order chi connectivity index (χ1) is 13.6. The van der Waals surface area contributed by atoms with Crippen molar-refractivity contribution in [1.29, 1.82) is 0 Å². The summed E-state index contributed by atoms with van der Waals surface area (Å²) in [5.41, 5.74) is 1.31. The molecule has 0 amide bonds. The third kappa shape index (κ3) is 5.57. The van der Waals surface area contributed by atoms with Crippen LogP contribution < -0.4 is 0 Å². The van der Waals surface area contributed by atoms with Gasteiger partial charge in [-0.2, -0.15) is 0 Å². The van der Waals surface area contributed by atoms with E-state index < -0.39 is 11.8 Å². The van der Waals surface area contributed by atoms with Crippen molar-refractivity contribution in [2.75, 3.05) is 0 Å². The number of hydrogen-bond acceptors (Lipinski definition) is 0. The molecule has 2 heteroatoms. The smallest absolute Gasteiger partial charge is 0.201 e. The fourth-order valence-corrected chi connectivity index (χ4v) is 5.64. The molecule has 0 radical (unpaired) electrons. The third-order valence-electron chi connectivity index (χ3n) is 7.44. The van der Waals surface area contributed by atoms with Gasteiger partial charge in [0.05, 0.1) is 0 Å². The number of benzene rings is 1. The second-order valence-electron chi connectivity index (χ2n) is 9.47. The van der Waals surface area contributed by atoms with Crippen LogP contribution in [0.25, 0.3) is 0 Å². The molecule has 0 atom stereocenters. The van der Waals surface area contributed by atoms with Gasteiger partial charge in [-0.15, -0.1) is 0 Å². The van der Waals surface area contributed by atoms with Gasteiger partial charge in [-0.1, -0.05) is 89.0 Å². The average Bonchev–Trinajstić information content (AvgIpc) is 2.75. The first-order valence-corrected chi connectivity index (χ1v) is 12.1. The maximum Gasteiger partial charge on any atom is 0.276 e. The highest BCUT2D eigenvalue weighted by Crippen LogP contribution is 2.48. The molecule has 3 rings (SSSR count). The molecule has 0 aromatic heterocycles. The van der Waals surface area contributed by atoms with Crippen LogP contribution in [0, 0.1) is 11.8 Å². The van der Waals surface area contributed by atoms with Crippen molar-refractivity contribution in [2.24, 2.45) is 11.8 Å². The van der Waals surface area contributed by atoms with E-state index in [0.29, 0.717) is 24.3 Å². The summed E-state index contributed by atoms with van der Waals surface area (Å²) in [5, 5.41) is 0. The van der Waals surface area contributed by atoms with Crippen LogP contribution in [-0.4, -0.2) is 0 Å². The molecule has 0 bridgehead atoms. The molecule has 0 N–H and O–H groups in total. The normalized spacial score (nSPS) is 24.4. The van der Waals surface area contributed by atoms with E-state index in [1.807, 2.05) is 18.2 Å². The van der Waals surface area contributed by atoms with Gasteiger partial charge in [0.2, 0.25) is 0 Å². The molecule has 2 aliphatic rings. The minimum atomic E-state index is -2.66. The predicted molar refractivity (Wildman–Crippen MR) is 115 cm³/mol. The van der Waals surface area contributed by atoms with Crippen molar-refractivity contribution in [3.63, 3.8) is 0 Å². The topological polar surface area (TPSA) is 0 Å². The van der Waals surface area contributed by atoms with E-state index in [-0.39, 0.29) is 0 Å². The quantitative estimate of drug-likeness (QED) is 0.369. The van der Waals surface area contributed by atoms with Crippen LogP contribution >= 0.6 is 0 Å². The Bertz CT molecular complexity index is 566. The lowest BCUT2D eigenvalue weighted by Crippen LogP contribution is -2.29. The summed E-state index contributed by atoms with van der Waals surface area (Å²) >= 11 is 0. The molecule has 2 aliphatic carbocycles. The Balaban J connectivity index is 1.58. The maximum absolute atomic E-state index is 15.4.